The van der Waals surface area contributed by atoms with Crippen molar-refractivity contribution in [2.24, 2.45) is 0 Å². The van der Waals surface area contributed by atoms with E-state index in [1.54, 1.807) is 12.1 Å². The third-order valence-electron chi connectivity index (χ3n) is 3.53. The zero-order valence-corrected chi connectivity index (χ0v) is 13.7. The topological polar surface area (TPSA) is 131 Å². The van der Waals surface area contributed by atoms with Crippen molar-refractivity contribution in [3.8, 4) is 29.1 Å². The van der Waals surface area contributed by atoms with Crippen LogP contribution in [0.15, 0.2) is 42.0 Å². The number of ether oxygens (including phenoxy) is 1. The monoisotopic (exact) mass is 355 g/mol. The number of rotatable bonds is 6. The first kappa shape index (κ1) is 18.7. The summed E-state index contributed by atoms with van der Waals surface area (Å²) in [5, 5.41) is 46.4. The number of aromatic hydroxyl groups is 4. The summed E-state index contributed by atoms with van der Waals surface area (Å²) in [6.07, 6.45) is 2.23. The van der Waals surface area contributed by atoms with Gasteiger partial charge in [0, 0.05) is 0 Å². The fourth-order valence-corrected chi connectivity index (χ4v) is 2.18. The van der Waals surface area contributed by atoms with Crippen LogP contribution in [0.1, 0.15) is 17.5 Å². The molecule has 7 heteroatoms. The van der Waals surface area contributed by atoms with Gasteiger partial charge in [0.2, 0.25) is 0 Å². The molecule has 26 heavy (non-hydrogen) atoms. The smallest absolute Gasteiger partial charge is 0.348 e. The van der Waals surface area contributed by atoms with Gasteiger partial charge in [-0.2, -0.15) is 5.26 Å². The molecule has 0 unspecified atom stereocenters. The van der Waals surface area contributed by atoms with E-state index >= 15 is 0 Å². The number of hydrogen-bond donors (Lipinski definition) is 4. The minimum absolute atomic E-state index is 0.0698. The Bertz CT molecular complexity index is 882. The lowest BCUT2D eigenvalue weighted by Gasteiger charge is -2.06. The summed E-state index contributed by atoms with van der Waals surface area (Å²) in [7, 11) is 0. The van der Waals surface area contributed by atoms with Gasteiger partial charge in [-0.25, -0.2) is 4.79 Å². The Labute approximate surface area is 149 Å². The molecule has 0 bridgehead atoms. The summed E-state index contributed by atoms with van der Waals surface area (Å²) in [5.41, 5.74) is 0.901. The lowest BCUT2D eigenvalue weighted by atomic mass is 10.1. The van der Waals surface area contributed by atoms with Crippen molar-refractivity contribution in [1.82, 2.24) is 0 Å². The van der Waals surface area contributed by atoms with Gasteiger partial charge >= 0.3 is 5.97 Å². The first-order chi connectivity index (χ1) is 12.4. The number of nitrogens with zero attached hydrogens (tertiary/aromatic N) is 1. The van der Waals surface area contributed by atoms with Gasteiger partial charge in [-0.3, -0.25) is 0 Å². The van der Waals surface area contributed by atoms with Crippen molar-refractivity contribution < 1.29 is 30.0 Å². The maximum Gasteiger partial charge on any atom is 0.348 e. The van der Waals surface area contributed by atoms with E-state index in [2.05, 4.69) is 0 Å². The molecule has 0 aromatic heterocycles. The number of esters is 1. The average molecular weight is 355 g/mol. The van der Waals surface area contributed by atoms with Gasteiger partial charge in [0.1, 0.15) is 11.6 Å². The van der Waals surface area contributed by atoms with Gasteiger partial charge in [0.15, 0.2) is 23.0 Å². The van der Waals surface area contributed by atoms with Crippen LogP contribution in [0.3, 0.4) is 0 Å². The number of carbonyl (C=O) groups is 1. The molecule has 0 saturated carbocycles. The fraction of sp³-hybridized carbons (Fsp3) is 0.158. The molecule has 0 aliphatic carbocycles. The number of benzene rings is 2. The van der Waals surface area contributed by atoms with Gasteiger partial charge < -0.3 is 25.2 Å². The molecule has 0 radical (unpaired) electrons. The van der Waals surface area contributed by atoms with Crippen molar-refractivity contribution >= 4 is 12.0 Å². The average Bonchev–Trinajstić information content (AvgIpc) is 2.62. The number of carbonyl (C=O) groups excluding carboxylic acids is 1. The third-order valence-corrected chi connectivity index (χ3v) is 3.53. The molecule has 4 N–H and O–H groups in total. The van der Waals surface area contributed by atoms with Gasteiger partial charge in [-0.15, -0.1) is 0 Å². The highest BCUT2D eigenvalue weighted by molar-refractivity contribution is 5.97. The van der Waals surface area contributed by atoms with E-state index in [0.29, 0.717) is 18.4 Å². The summed E-state index contributed by atoms with van der Waals surface area (Å²) >= 11 is 0. The Morgan fingerprint density at radius 2 is 1.65 bits per heavy atom. The minimum atomic E-state index is -0.798. The predicted molar refractivity (Wildman–Crippen MR) is 92.4 cm³/mol. The van der Waals surface area contributed by atoms with Crippen LogP contribution < -0.4 is 0 Å². The summed E-state index contributed by atoms with van der Waals surface area (Å²) in [5.74, 6) is -1.88. The van der Waals surface area contributed by atoms with Gasteiger partial charge in [0.05, 0.1) is 6.61 Å². The zero-order chi connectivity index (χ0) is 19.1. The maximum absolute atomic E-state index is 11.9. The van der Waals surface area contributed by atoms with Crippen LogP contribution >= 0.6 is 0 Å². The molecule has 2 aromatic rings. The van der Waals surface area contributed by atoms with Crippen molar-refractivity contribution in [3.63, 3.8) is 0 Å². The Kier molecular flexibility index (Phi) is 6.06. The van der Waals surface area contributed by atoms with E-state index in [-0.39, 0.29) is 35.2 Å². The molecule has 0 aliphatic rings. The Balaban J connectivity index is 1.90. The number of phenolic OH excluding ortho intramolecular Hbond substituents is 4. The molecular formula is C19H17NO6. The lowest BCUT2D eigenvalue weighted by molar-refractivity contribution is -0.138. The number of aryl methyl sites for hydroxylation is 1. The summed E-state index contributed by atoms with van der Waals surface area (Å²) in [4.78, 5) is 11.9. The normalized spacial score (nSPS) is 11.0. The SMILES string of the molecule is N#C/C(=C\c1ccc(O)c(O)c1)C(=O)OCCCc1ccc(O)c(O)c1. The molecule has 2 rings (SSSR count). The van der Waals surface area contributed by atoms with Gasteiger partial charge in [-0.05, 0) is 54.3 Å². The first-order valence-corrected chi connectivity index (χ1v) is 7.72. The summed E-state index contributed by atoms with van der Waals surface area (Å²) in [6, 6.07) is 10.1. The summed E-state index contributed by atoms with van der Waals surface area (Å²) in [6.45, 7) is 0.0698. The number of hydrogen-bond acceptors (Lipinski definition) is 7. The van der Waals surface area contributed by atoms with Crippen molar-refractivity contribution in [3.05, 3.63) is 53.1 Å². The van der Waals surface area contributed by atoms with Crippen molar-refractivity contribution in [1.29, 1.82) is 5.26 Å². The molecule has 2 aromatic carbocycles. The molecule has 0 saturated heterocycles. The molecule has 134 valence electrons. The molecule has 7 nitrogen and oxygen atoms in total. The Hall–Kier alpha value is -3.66. The van der Waals surface area contributed by atoms with Gasteiger partial charge in [0.25, 0.3) is 0 Å². The van der Waals surface area contributed by atoms with Crippen LogP contribution in [0.2, 0.25) is 0 Å². The van der Waals surface area contributed by atoms with Crippen molar-refractivity contribution in [2.45, 2.75) is 12.8 Å². The molecule has 0 atom stereocenters. The van der Waals surface area contributed by atoms with Crippen LogP contribution in [0.25, 0.3) is 6.08 Å². The lowest BCUT2D eigenvalue weighted by Crippen LogP contribution is -2.08. The molecule has 0 aliphatic heterocycles. The van der Waals surface area contributed by atoms with Crippen LogP contribution in [0.4, 0.5) is 0 Å². The van der Waals surface area contributed by atoms with Crippen molar-refractivity contribution in [2.75, 3.05) is 6.61 Å². The predicted octanol–water partition coefficient (Wildman–Crippen LogP) is 2.59. The van der Waals surface area contributed by atoms with Crippen LogP contribution in [0.5, 0.6) is 23.0 Å². The standard InChI is InChI=1S/C19H17NO6/c20-11-14(8-13-4-6-16(22)18(24)10-13)19(25)26-7-1-2-12-3-5-15(21)17(23)9-12/h3-6,8-10,21-24H,1-2,7H2/b14-8+. The second kappa shape index (κ2) is 8.44. The molecular weight excluding hydrogens is 338 g/mol. The quantitative estimate of drug-likeness (QED) is 0.206. The van der Waals surface area contributed by atoms with Crippen LogP contribution in [-0.4, -0.2) is 33.0 Å². The highest BCUT2D eigenvalue weighted by Gasteiger charge is 2.11. The van der Waals surface area contributed by atoms with Crippen LogP contribution in [-0.2, 0) is 16.0 Å². The maximum atomic E-state index is 11.9. The highest BCUT2D eigenvalue weighted by atomic mass is 16.5. The van der Waals surface area contributed by atoms with E-state index < -0.39 is 5.97 Å². The number of nitriles is 1. The van der Waals surface area contributed by atoms with E-state index in [1.807, 2.05) is 0 Å². The van der Waals surface area contributed by atoms with E-state index in [0.717, 1.165) is 5.56 Å². The third kappa shape index (κ3) is 4.92. The van der Waals surface area contributed by atoms with E-state index in [9.17, 15) is 25.2 Å². The second-order valence-electron chi connectivity index (χ2n) is 5.48. The molecule has 0 amide bonds. The zero-order valence-electron chi connectivity index (χ0n) is 13.7. The highest BCUT2D eigenvalue weighted by Crippen LogP contribution is 2.26. The Morgan fingerprint density at radius 1 is 1.00 bits per heavy atom. The van der Waals surface area contributed by atoms with E-state index in [1.165, 1.54) is 36.4 Å². The molecule has 0 spiro atoms. The molecule has 0 fully saturated rings. The fourth-order valence-electron chi connectivity index (χ4n) is 2.18. The largest absolute Gasteiger partial charge is 0.504 e. The first-order valence-electron chi connectivity index (χ1n) is 7.72. The van der Waals surface area contributed by atoms with E-state index in [4.69, 9.17) is 10.00 Å². The minimum Gasteiger partial charge on any atom is -0.504 e. The summed E-state index contributed by atoms with van der Waals surface area (Å²) < 4.78 is 5.04. The molecule has 0 heterocycles. The Morgan fingerprint density at radius 3 is 2.27 bits per heavy atom. The van der Waals surface area contributed by atoms with Crippen LogP contribution in [0, 0.1) is 11.3 Å². The van der Waals surface area contributed by atoms with Gasteiger partial charge in [-0.1, -0.05) is 12.1 Å². The number of phenols is 4. The second-order valence-corrected chi connectivity index (χ2v) is 5.48.